The van der Waals surface area contributed by atoms with Gasteiger partial charge in [0.1, 0.15) is 11.9 Å². The fraction of sp³-hybridized carbons (Fsp3) is 0.545. The fourth-order valence-electron chi connectivity index (χ4n) is 1.49. The van der Waals surface area contributed by atoms with Gasteiger partial charge in [0.2, 0.25) is 0 Å². The second kappa shape index (κ2) is 7.56. The molecule has 1 heterocycles. The standard InChI is InChI=1S/C11H17N3O3/c15-8-4-2-1-3-6-13-10-5-7-12-9-11(10)14(16)17/h5,7,9,15H,1-4,6,8H2,(H,12,13). The summed E-state index contributed by atoms with van der Waals surface area (Å²) in [6, 6.07) is 1.60. The average Bonchev–Trinajstić information content (AvgIpc) is 2.34. The Balaban J connectivity index is 2.34. The van der Waals surface area contributed by atoms with Crippen LogP contribution in [0, 0.1) is 10.1 Å². The Morgan fingerprint density at radius 3 is 2.82 bits per heavy atom. The summed E-state index contributed by atoms with van der Waals surface area (Å²) in [4.78, 5) is 14.0. The number of rotatable bonds is 8. The van der Waals surface area contributed by atoms with Crippen LogP contribution in [0.15, 0.2) is 18.5 Å². The van der Waals surface area contributed by atoms with Gasteiger partial charge in [-0.2, -0.15) is 0 Å². The molecule has 0 aliphatic carbocycles. The number of aliphatic hydroxyl groups excluding tert-OH is 1. The Bertz CT molecular complexity index is 358. The van der Waals surface area contributed by atoms with Crippen LogP contribution in [-0.4, -0.2) is 28.2 Å². The maximum absolute atomic E-state index is 10.7. The predicted octanol–water partition coefficient (Wildman–Crippen LogP) is 1.95. The number of unbranched alkanes of at least 4 members (excludes halogenated alkanes) is 3. The summed E-state index contributed by atoms with van der Waals surface area (Å²) < 4.78 is 0. The maximum Gasteiger partial charge on any atom is 0.310 e. The van der Waals surface area contributed by atoms with Crippen LogP contribution < -0.4 is 5.32 Å². The lowest BCUT2D eigenvalue weighted by molar-refractivity contribution is -0.384. The van der Waals surface area contributed by atoms with Gasteiger partial charge in [0.15, 0.2) is 0 Å². The lowest BCUT2D eigenvalue weighted by atomic mass is 10.2. The summed E-state index contributed by atoms with van der Waals surface area (Å²) in [5.74, 6) is 0. The lowest BCUT2D eigenvalue weighted by Crippen LogP contribution is -2.04. The Labute approximate surface area is 99.8 Å². The Kier molecular flexibility index (Phi) is 5.95. The summed E-state index contributed by atoms with van der Waals surface area (Å²) in [7, 11) is 0. The molecule has 0 spiro atoms. The molecule has 1 aromatic heterocycles. The molecule has 0 aromatic carbocycles. The van der Waals surface area contributed by atoms with Crippen LogP contribution in [-0.2, 0) is 0 Å². The van der Waals surface area contributed by atoms with Crippen molar-refractivity contribution in [2.24, 2.45) is 0 Å². The fourth-order valence-corrected chi connectivity index (χ4v) is 1.49. The Morgan fingerprint density at radius 2 is 2.12 bits per heavy atom. The largest absolute Gasteiger partial charge is 0.396 e. The minimum atomic E-state index is -0.443. The van der Waals surface area contributed by atoms with Gasteiger partial charge in [-0.25, -0.2) is 0 Å². The van der Waals surface area contributed by atoms with E-state index in [9.17, 15) is 10.1 Å². The van der Waals surface area contributed by atoms with E-state index in [4.69, 9.17) is 5.11 Å². The van der Waals surface area contributed by atoms with E-state index in [-0.39, 0.29) is 12.3 Å². The minimum absolute atomic E-state index is 0.00265. The Hall–Kier alpha value is -1.69. The van der Waals surface area contributed by atoms with Gasteiger partial charge >= 0.3 is 5.69 Å². The first-order chi connectivity index (χ1) is 8.25. The first-order valence-corrected chi connectivity index (χ1v) is 5.69. The highest BCUT2D eigenvalue weighted by Crippen LogP contribution is 2.21. The van der Waals surface area contributed by atoms with Crippen LogP contribution in [0.2, 0.25) is 0 Å². The molecular formula is C11H17N3O3. The monoisotopic (exact) mass is 239 g/mol. The van der Waals surface area contributed by atoms with Gasteiger partial charge in [-0.3, -0.25) is 15.1 Å². The molecule has 0 aliphatic heterocycles. The van der Waals surface area contributed by atoms with E-state index in [1.807, 2.05) is 0 Å². The molecule has 1 rings (SSSR count). The number of hydrogen-bond donors (Lipinski definition) is 2. The van der Waals surface area contributed by atoms with Gasteiger partial charge in [-0.15, -0.1) is 0 Å². The van der Waals surface area contributed by atoms with Crippen molar-refractivity contribution in [2.75, 3.05) is 18.5 Å². The first-order valence-electron chi connectivity index (χ1n) is 5.69. The number of aliphatic hydroxyl groups is 1. The van der Waals surface area contributed by atoms with E-state index in [1.54, 1.807) is 6.07 Å². The van der Waals surface area contributed by atoms with Crippen molar-refractivity contribution in [3.05, 3.63) is 28.6 Å². The number of aromatic nitrogens is 1. The van der Waals surface area contributed by atoms with Crippen molar-refractivity contribution in [3.8, 4) is 0 Å². The number of anilines is 1. The number of nitrogens with one attached hydrogen (secondary N) is 1. The first kappa shape index (κ1) is 13.4. The van der Waals surface area contributed by atoms with Crippen LogP contribution in [0.5, 0.6) is 0 Å². The van der Waals surface area contributed by atoms with Crippen molar-refractivity contribution in [2.45, 2.75) is 25.7 Å². The number of nitro groups is 1. The van der Waals surface area contributed by atoms with Crippen LogP contribution >= 0.6 is 0 Å². The highest BCUT2D eigenvalue weighted by atomic mass is 16.6. The third-order valence-electron chi connectivity index (χ3n) is 2.40. The second-order valence-electron chi connectivity index (χ2n) is 3.71. The normalized spacial score (nSPS) is 10.2. The third-order valence-corrected chi connectivity index (χ3v) is 2.40. The van der Waals surface area contributed by atoms with E-state index in [1.165, 1.54) is 12.4 Å². The summed E-state index contributed by atoms with van der Waals surface area (Å²) >= 11 is 0. The van der Waals surface area contributed by atoms with E-state index in [0.29, 0.717) is 12.2 Å². The van der Waals surface area contributed by atoms with Crippen LogP contribution in [0.1, 0.15) is 25.7 Å². The zero-order valence-corrected chi connectivity index (χ0v) is 9.63. The second-order valence-corrected chi connectivity index (χ2v) is 3.71. The highest BCUT2D eigenvalue weighted by Gasteiger charge is 2.11. The van der Waals surface area contributed by atoms with Gasteiger partial charge < -0.3 is 10.4 Å². The van der Waals surface area contributed by atoms with E-state index in [0.717, 1.165) is 25.7 Å². The smallest absolute Gasteiger partial charge is 0.310 e. The topological polar surface area (TPSA) is 88.3 Å². The van der Waals surface area contributed by atoms with Gasteiger partial charge in [-0.1, -0.05) is 12.8 Å². The van der Waals surface area contributed by atoms with E-state index >= 15 is 0 Å². The molecule has 0 amide bonds. The average molecular weight is 239 g/mol. The minimum Gasteiger partial charge on any atom is -0.396 e. The van der Waals surface area contributed by atoms with E-state index < -0.39 is 4.92 Å². The molecule has 0 radical (unpaired) electrons. The molecule has 0 fully saturated rings. The van der Waals surface area contributed by atoms with Crippen molar-refractivity contribution in [1.82, 2.24) is 4.98 Å². The maximum atomic E-state index is 10.7. The number of pyridine rings is 1. The molecule has 0 unspecified atom stereocenters. The van der Waals surface area contributed by atoms with Crippen LogP contribution in [0.25, 0.3) is 0 Å². The zero-order chi connectivity index (χ0) is 12.5. The molecule has 1 aromatic rings. The summed E-state index contributed by atoms with van der Waals surface area (Å²) in [5.41, 5.74) is 0.509. The summed E-state index contributed by atoms with van der Waals surface area (Å²) in [5, 5.41) is 22.3. The molecular weight excluding hydrogens is 222 g/mol. The summed E-state index contributed by atoms with van der Waals surface area (Å²) in [6.07, 6.45) is 6.51. The third kappa shape index (κ3) is 4.78. The van der Waals surface area contributed by atoms with E-state index in [2.05, 4.69) is 10.3 Å². The molecule has 94 valence electrons. The summed E-state index contributed by atoms with van der Waals surface area (Å²) in [6.45, 7) is 0.916. The molecule has 6 heteroatoms. The number of hydrogen-bond acceptors (Lipinski definition) is 5. The van der Waals surface area contributed by atoms with Crippen molar-refractivity contribution in [3.63, 3.8) is 0 Å². The zero-order valence-electron chi connectivity index (χ0n) is 9.63. The predicted molar refractivity (Wildman–Crippen MR) is 64.9 cm³/mol. The quantitative estimate of drug-likeness (QED) is 0.411. The van der Waals surface area contributed by atoms with Gasteiger partial charge in [0.25, 0.3) is 0 Å². The molecule has 2 N–H and O–H groups in total. The van der Waals surface area contributed by atoms with Crippen molar-refractivity contribution >= 4 is 11.4 Å². The van der Waals surface area contributed by atoms with Crippen molar-refractivity contribution in [1.29, 1.82) is 0 Å². The van der Waals surface area contributed by atoms with Gasteiger partial charge in [0.05, 0.1) is 4.92 Å². The highest BCUT2D eigenvalue weighted by molar-refractivity contribution is 5.59. The number of nitrogens with zero attached hydrogens (tertiary/aromatic N) is 2. The SMILES string of the molecule is O=[N+]([O-])c1cnccc1NCCCCCCO. The molecule has 6 nitrogen and oxygen atoms in total. The molecule has 0 saturated carbocycles. The molecule has 0 aliphatic rings. The molecule has 0 bridgehead atoms. The Morgan fingerprint density at radius 1 is 1.35 bits per heavy atom. The molecule has 17 heavy (non-hydrogen) atoms. The molecule has 0 saturated heterocycles. The van der Waals surface area contributed by atoms with Crippen LogP contribution in [0.3, 0.4) is 0 Å². The van der Waals surface area contributed by atoms with Crippen LogP contribution in [0.4, 0.5) is 11.4 Å². The van der Waals surface area contributed by atoms with Gasteiger partial charge in [-0.05, 0) is 18.9 Å². The van der Waals surface area contributed by atoms with Crippen molar-refractivity contribution < 1.29 is 10.0 Å². The lowest BCUT2D eigenvalue weighted by Gasteiger charge is -2.06. The molecule has 0 atom stereocenters. The van der Waals surface area contributed by atoms with Gasteiger partial charge in [0, 0.05) is 19.3 Å².